The second kappa shape index (κ2) is 5.69. The van der Waals surface area contributed by atoms with E-state index >= 15 is 0 Å². The first-order valence-corrected chi connectivity index (χ1v) is 5.12. The molecule has 2 unspecified atom stereocenters. The van der Waals surface area contributed by atoms with Gasteiger partial charge in [-0.1, -0.05) is 0 Å². The predicted octanol–water partition coefficient (Wildman–Crippen LogP) is -0.407. The van der Waals surface area contributed by atoms with Crippen molar-refractivity contribution in [3.05, 3.63) is 0 Å². The fourth-order valence-corrected chi connectivity index (χ4v) is 1.51. The topological polar surface area (TPSA) is 65.4 Å². The molecule has 0 aromatic rings. The first-order chi connectivity index (χ1) is 7.15. The van der Waals surface area contributed by atoms with Crippen LogP contribution in [0.3, 0.4) is 0 Å². The van der Waals surface area contributed by atoms with Gasteiger partial charge in [0.15, 0.2) is 0 Å². The fourth-order valence-electron chi connectivity index (χ4n) is 1.51. The minimum atomic E-state index is -0.394. The van der Waals surface area contributed by atoms with Crippen LogP contribution in [-0.4, -0.2) is 50.2 Å². The molecular weight excluding hydrogens is 194 g/mol. The average Bonchev–Trinajstić information content (AvgIpc) is 2.29. The van der Waals surface area contributed by atoms with E-state index in [0.29, 0.717) is 19.7 Å². The molecule has 1 N–H and O–H groups in total. The Hall–Kier alpha value is -1.12. The highest BCUT2D eigenvalue weighted by Crippen LogP contribution is 2.03. The third-order valence-electron chi connectivity index (χ3n) is 2.35. The van der Waals surface area contributed by atoms with Crippen LogP contribution in [-0.2, 0) is 9.53 Å². The summed E-state index contributed by atoms with van der Waals surface area (Å²) in [6.45, 7) is 4.17. The van der Waals surface area contributed by atoms with E-state index in [2.05, 4.69) is 11.4 Å². The van der Waals surface area contributed by atoms with Gasteiger partial charge in [0.2, 0.25) is 0 Å². The zero-order valence-electron chi connectivity index (χ0n) is 9.19. The number of rotatable bonds is 3. The lowest BCUT2D eigenvalue weighted by atomic mass is 10.2. The van der Waals surface area contributed by atoms with Crippen LogP contribution in [0.15, 0.2) is 0 Å². The zero-order valence-corrected chi connectivity index (χ0v) is 9.19. The Kier molecular flexibility index (Phi) is 4.53. The molecule has 1 aliphatic heterocycles. The number of likely N-dealkylation sites (N-methyl/N-ethyl adjacent to an activating group) is 1. The Morgan fingerprint density at radius 2 is 2.53 bits per heavy atom. The number of carbonyl (C=O) groups is 1. The van der Waals surface area contributed by atoms with Gasteiger partial charge in [0.25, 0.3) is 5.91 Å². The maximum absolute atomic E-state index is 11.8. The third kappa shape index (κ3) is 3.50. The zero-order chi connectivity index (χ0) is 11.3. The molecule has 0 aromatic carbocycles. The van der Waals surface area contributed by atoms with E-state index in [-0.39, 0.29) is 11.8 Å². The van der Waals surface area contributed by atoms with Gasteiger partial charge in [-0.2, -0.15) is 5.26 Å². The van der Waals surface area contributed by atoms with Crippen molar-refractivity contribution in [1.29, 1.82) is 5.26 Å². The van der Waals surface area contributed by atoms with Crippen molar-refractivity contribution >= 4 is 5.91 Å². The summed E-state index contributed by atoms with van der Waals surface area (Å²) >= 11 is 0. The number of amides is 1. The number of ether oxygens (including phenoxy) is 1. The summed E-state index contributed by atoms with van der Waals surface area (Å²) in [4.78, 5) is 13.4. The van der Waals surface area contributed by atoms with Crippen LogP contribution in [0.25, 0.3) is 0 Å². The molecule has 1 aliphatic rings. The van der Waals surface area contributed by atoms with Crippen molar-refractivity contribution in [2.75, 3.05) is 33.3 Å². The van der Waals surface area contributed by atoms with E-state index in [1.54, 1.807) is 18.9 Å². The monoisotopic (exact) mass is 211 g/mol. The quantitative estimate of drug-likeness (QED) is 0.689. The van der Waals surface area contributed by atoms with Gasteiger partial charge in [0.1, 0.15) is 6.10 Å². The largest absolute Gasteiger partial charge is 0.366 e. The first kappa shape index (κ1) is 12.0. The van der Waals surface area contributed by atoms with Crippen molar-refractivity contribution in [1.82, 2.24) is 10.2 Å². The Labute approximate surface area is 90.0 Å². The molecule has 0 radical (unpaired) electrons. The van der Waals surface area contributed by atoms with Crippen LogP contribution in [0.2, 0.25) is 0 Å². The van der Waals surface area contributed by atoms with Crippen molar-refractivity contribution in [3.63, 3.8) is 0 Å². The highest BCUT2D eigenvalue weighted by molar-refractivity contribution is 5.81. The normalized spacial score (nSPS) is 22.9. The van der Waals surface area contributed by atoms with E-state index < -0.39 is 6.10 Å². The van der Waals surface area contributed by atoms with Crippen molar-refractivity contribution in [2.45, 2.75) is 13.0 Å². The van der Waals surface area contributed by atoms with Crippen LogP contribution in [0.5, 0.6) is 0 Å². The molecule has 0 saturated carbocycles. The minimum Gasteiger partial charge on any atom is -0.366 e. The number of morpholine rings is 1. The Balaban J connectivity index is 2.41. The van der Waals surface area contributed by atoms with Gasteiger partial charge >= 0.3 is 0 Å². The summed E-state index contributed by atoms with van der Waals surface area (Å²) in [5.41, 5.74) is 0. The second-order valence-corrected chi connectivity index (χ2v) is 3.81. The molecule has 15 heavy (non-hydrogen) atoms. The summed E-state index contributed by atoms with van der Waals surface area (Å²) in [7, 11) is 1.70. The van der Waals surface area contributed by atoms with Gasteiger partial charge in [-0.25, -0.2) is 0 Å². The molecule has 0 aliphatic carbocycles. The van der Waals surface area contributed by atoms with E-state index in [0.717, 1.165) is 6.54 Å². The molecule has 2 atom stereocenters. The molecule has 0 bridgehead atoms. The van der Waals surface area contributed by atoms with Crippen LogP contribution < -0.4 is 5.32 Å². The maximum Gasteiger partial charge on any atom is 0.252 e. The molecule has 1 rings (SSSR count). The predicted molar refractivity (Wildman–Crippen MR) is 55.0 cm³/mol. The van der Waals surface area contributed by atoms with Crippen LogP contribution in [0.1, 0.15) is 6.92 Å². The Bertz CT molecular complexity index is 256. The van der Waals surface area contributed by atoms with E-state index in [4.69, 9.17) is 10.00 Å². The first-order valence-electron chi connectivity index (χ1n) is 5.12. The highest BCUT2D eigenvalue weighted by atomic mass is 16.5. The molecule has 84 valence electrons. The lowest BCUT2D eigenvalue weighted by Crippen LogP contribution is -2.49. The second-order valence-electron chi connectivity index (χ2n) is 3.81. The number of nitrogens with one attached hydrogen (secondary N) is 1. The van der Waals surface area contributed by atoms with Gasteiger partial charge in [-0.3, -0.25) is 4.79 Å². The molecule has 1 fully saturated rings. The summed E-state index contributed by atoms with van der Waals surface area (Å²) in [6.07, 6.45) is -0.394. The highest BCUT2D eigenvalue weighted by Gasteiger charge is 2.25. The van der Waals surface area contributed by atoms with Gasteiger partial charge in [-0.05, 0) is 6.92 Å². The number of hydrogen-bond donors (Lipinski definition) is 1. The molecule has 0 spiro atoms. The number of carbonyl (C=O) groups excluding carboxylic acids is 1. The smallest absolute Gasteiger partial charge is 0.252 e. The summed E-state index contributed by atoms with van der Waals surface area (Å²) in [5.74, 6) is -0.195. The van der Waals surface area contributed by atoms with Crippen molar-refractivity contribution in [2.24, 2.45) is 5.92 Å². The molecular formula is C10H17N3O2. The molecule has 1 saturated heterocycles. The van der Waals surface area contributed by atoms with Gasteiger partial charge < -0.3 is 15.0 Å². The van der Waals surface area contributed by atoms with Gasteiger partial charge in [0.05, 0.1) is 18.6 Å². The van der Waals surface area contributed by atoms with E-state index in [1.165, 1.54) is 0 Å². The number of hydrogen-bond acceptors (Lipinski definition) is 4. The standard InChI is InChI=1S/C10H17N3O2/c1-8(5-11)7-13(2)10(14)9-6-12-3-4-15-9/h8-9,12H,3-4,6-7H2,1-2H3. The number of nitriles is 1. The van der Waals surface area contributed by atoms with Gasteiger partial charge in [0, 0.05) is 26.7 Å². The van der Waals surface area contributed by atoms with Crippen LogP contribution in [0.4, 0.5) is 0 Å². The molecule has 1 heterocycles. The van der Waals surface area contributed by atoms with Crippen molar-refractivity contribution in [3.8, 4) is 6.07 Å². The summed E-state index contributed by atoms with van der Waals surface area (Å²) < 4.78 is 5.34. The average molecular weight is 211 g/mol. The third-order valence-corrected chi connectivity index (χ3v) is 2.35. The lowest BCUT2D eigenvalue weighted by molar-refractivity contribution is -0.144. The Morgan fingerprint density at radius 1 is 1.80 bits per heavy atom. The Morgan fingerprint density at radius 3 is 3.07 bits per heavy atom. The maximum atomic E-state index is 11.8. The molecule has 1 amide bonds. The van der Waals surface area contributed by atoms with E-state index in [1.807, 2.05) is 0 Å². The SMILES string of the molecule is CC(C#N)CN(C)C(=O)C1CNCCO1. The van der Waals surface area contributed by atoms with Crippen LogP contribution >= 0.6 is 0 Å². The summed E-state index contributed by atoms with van der Waals surface area (Å²) in [6, 6.07) is 2.10. The summed E-state index contributed by atoms with van der Waals surface area (Å²) in [5, 5.41) is 11.7. The van der Waals surface area contributed by atoms with E-state index in [9.17, 15) is 4.79 Å². The van der Waals surface area contributed by atoms with Crippen LogP contribution in [0, 0.1) is 17.2 Å². The lowest BCUT2D eigenvalue weighted by Gasteiger charge is -2.27. The van der Waals surface area contributed by atoms with Gasteiger partial charge in [-0.15, -0.1) is 0 Å². The van der Waals surface area contributed by atoms with Crippen molar-refractivity contribution < 1.29 is 9.53 Å². The minimum absolute atomic E-state index is 0.0516. The molecule has 5 heteroatoms. The fraction of sp³-hybridized carbons (Fsp3) is 0.800. The molecule has 5 nitrogen and oxygen atoms in total. The number of nitrogens with zero attached hydrogens (tertiary/aromatic N) is 2. The molecule has 0 aromatic heterocycles.